The Morgan fingerprint density at radius 1 is 0.957 bits per heavy atom. The van der Waals surface area contributed by atoms with E-state index in [9.17, 15) is 4.79 Å². The van der Waals surface area contributed by atoms with Crippen molar-refractivity contribution >= 4 is 5.97 Å². The van der Waals surface area contributed by atoms with Gasteiger partial charge >= 0.3 is 5.97 Å². The molecular weight excluding hydrogens is 300 g/mol. The summed E-state index contributed by atoms with van der Waals surface area (Å²) in [5.41, 5.74) is 0.328. The molecule has 130 valence electrons. The Bertz CT molecular complexity index is 460. The summed E-state index contributed by atoms with van der Waals surface area (Å²) in [6.45, 7) is 4.42. The van der Waals surface area contributed by atoms with Crippen LogP contribution in [0.3, 0.4) is 0 Å². The van der Waals surface area contributed by atoms with Crippen LogP contribution in [-0.2, 0) is 14.2 Å². The van der Waals surface area contributed by atoms with Crippen molar-refractivity contribution < 1.29 is 28.5 Å². The molecule has 0 heterocycles. The number of rotatable bonds is 12. The van der Waals surface area contributed by atoms with Gasteiger partial charge in [0.1, 0.15) is 12.2 Å². The minimum absolute atomic E-state index is 0.175. The molecule has 0 amide bonds. The number of benzene rings is 1. The first-order valence-corrected chi connectivity index (χ1v) is 7.78. The van der Waals surface area contributed by atoms with Crippen molar-refractivity contribution in [2.24, 2.45) is 0 Å². The van der Waals surface area contributed by atoms with Gasteiger partial charge < -0.3 is 23.7 Å². The topological polar surface area (TPSA) is 63.2 Å². The molecule has 6 heteroatoms. The number of esters is 1. The minimum atomic E-state index is -0.469. The van der Waals surface area contributed by atoms with Crippen LogP contribution in [0.25, 0.3) is 0 Å². The number of unbranched alkanes of at least 4 members (excludes halogenated alkanes) is 1. The van der Waals surface area contributed by atoms with Crippen molar-refractivity contribution in [3.05, 3.63) is 23.8 Å². The molecule has 0 radical (unpaired) electrons. The van der Waals surface area contributed by atoms with Crippen LogP contribution in [0.15, 0.2) is 18.2 Å². The number of methoxy groups -OCH3 is 2. The lowest BCUT2D eigenvalue weighted by Gasteiger charge is -2.12. The molecule has 0 aliphatic heterocycles. The quantitative estimate of drug-likeness (QED) is 0.435. The smallest absolute Gasteiger partial charge is 0.342 e. The van der Waals surface area contributed by atoms with Gasteiger partial charge in [-0.05, 0) is 18.6 Å². The highest BCUT2D eigenvalue weighted by atomic mass is 16.6. The second-order valence-corrected chi connectivity index (χ2v) is 4.76. The van der Waals surface area contributed by atoms with E-state index in [1.54, 1.807) is 18.2 Å². The van der Waals surface area contributed by atoms with Gasteiger partial charge in [0.25, 0.3) is 0 Å². The minimum Gasteiger partial charge on any atom is -0.493 e. The fraction of sp³-hybridized carbons (Fsp3) is 0.588. The molecular formula is C17H26O6. The predicted molar refractivity (Wildman–Crippen MR) is 86.4 cm³/mol. The van der Waals surface area contributed by atoms with Gasteiger partial charge in [-0.2, -0.15) is 0 Å². The normalized spacial score (nSPS) is 10.4. The second-order valence-electron chi connectivity index (χ2n) is 4.76. The summed E-state index contributed by atoms with van der Waals surface area (Å²) < 4.78 is 26.2. The Hall–Kier alpha value is -1.79. The number of ether oxygens (including phenoxy) is 5. The van der Waals surface area contributed by atoms with Gasteiger partial charge in [0, 0.05) is 6.61 Å². The molecule has 0 atom stereocenters. The summed E-state index contributed by atoms with van der Waals surface area (Å²) in [5, 5.41) is 0. The molecule has 23 heavy (non-hydrogen) atoms. The van der Waals surface area contributed by atoms with Gasteiger partial charge in [-0.3, -0.25) is 0 Å². The molecule has 0 spiro atoms. The van der Waals surface area contributed by atoms with Gasteiger partial charge in [-0.25, -0.2) is 4.79 Å². The Morgan fingerprint density at radius 3 is 2.30 bits per heavy atom. The van der Waals surface area contributed by atoms with E-state index in [1.807, 2.05) is 0 Å². The molecule has 1 aromatic carbocycles. The van der Waals surface area contributed by atoms with E-state index >= 15 is 0 Å². The highest BCUT2D eigenvalue weighted by Gasteiger charge is 2.17. The third kappa shape index (κ3) is 6.88. The highest BCUT2D eigenvalue weighted by molar-refractivity contribution is 5.93. The van der Waals surface area contributed by atoms with E-state index in [0.717, 1.165) is 19.4 Å². The summed E-state index contributed by atoms with van der Waals surface area (Å²) in [6.07, 6.45) is 2.17. The Morgan fingerprint density at radius 2 is 1.65 bits per heavy atom. The summed E-state index contributed by atoms with van der Waals surface area (Å²) >= 11 is 0. The molecule has 0 N–H and O–H groups in total. The van der Waals surface area contributed by atoms with Crippen LogP contribution >= 0.6 is 0 Å². The van der Waals surface area contributed by atoms with Crippen LogP contribution in [0, 0.1) is 0 Å². The van der Waals surface area contributed by atoms with Crippen molar-refractivity contribution in [2.45, 2.75) is 19.8 Å². The van der Waals surface area contributed by atoms with Crippen LogP contribution < -0.4 is 9.47 Å². The van der Waals surface area contributed by atoms with E-state index in [4.69, 9.17) is 23.7 Å². The first kappa shape index (κ1) is 19.3. The Kier molecular flexibility index (Phi) is 9.83. The summed E-state index contributed by atoms with van der Waals surface area (Å²) in [5.74, 6) is 0.385. The van der Waals surface area contributed by atoms with Crippen LogP contribution in [0.4, 0.5) is 0 Å². The fourth-order valence-electron chi connectivity index (χ4n) is 1.89. The largest absolute Gasteiger partial charge is 0.493 e. The average molecular weight is 326 g/mol. The van der Waals surface area contributed by atoms with E-state index in [1.165, 1.54) is 14.2 Å². The third-order valence-electron chi connectivity index (χ3n) is 3.10. The monoisotopic (exact) mass is 326 g/mol. The Labute approximate surface area is 137 Å². The molecule has 0 aliphatic carbocycles. The summed E-state index contributed by atoms with van der Waals surface area (Å²) in [7, 11) is 3.00. The van der Waals surface area contributed by atoms with Crippen molar-refractivity contribution in [3.8, 4) is 11.5 Å². The van der Waals surface area contributed by atoms with Crippen molar-refractivity contribution in [3.63, 3.8) is 0 Å². The van der Waals surface area contributed by atoms with Crippen molar-refractivity contribution in [1.82, 2.24) is 0 Å². The second kappa shape index (κ2) is 11.7. The van der Waals surface area contributed by atoms with Crippen molar-refractivity contribution in [1.29, 1.82) is 0 Å². The Balaban J connectivity index is 2.27. The molecule has 0 saturated carbocycles. The number of carbonyl (C=O) groups excluding carboxylic acids is 1. The van der Waals surface area contributed by atoms with Gasteiger partial charge in [0.05, 0.1) is 34.0 Å². The van der Waals surface area contributed by atoms with E-state index in [0.29, 0.717) is 36.9 Å². The molecule has 1 aromatic rings. The number of para-hydroxylation sites is 1. The standard InChI is InChI=1S/C17H26O6/c1-4-5-9-21-10-11-22-12-13-23-17(18)14-7-6-8-15(19-2)16(14)20-3/h6-8H,4-5,9-13H2,1-3H3. The SMILES string of the molecule is CCCCOCCOCCOC(=O)c1cccc(OC)c1OC. The maximum atomic E-state index is 12.1. The number of carbonyl (C=O) groups is 1. The fourth-order valence-corrected chi connectivity index (χ4v) is 1.89. The zero-order chi connectivity index (χ0) is 16.9. The first-order valence-electron chi connectivity index (χ1n) is 7.78. The van der Waals surface area contributed by atoms with Crippen LogP contribution in [0.5, 0.6) is 11.5 Å². The van der Waals surface area contributed by atoms with Crippen LogP contribution in [0.2, 0.25) is 0 Å². The first-order chi connectivity index (χ1) is 11.2. The van der Waals surface area contributed by atoms with Gasteiger partial charge in [0.2, 0.25) is 0 Å². The lowest BCUT2D eigenvalue weighted by Crippen LogP contribution is -2.14. The molecule has 0 fully saturated rings. The number of hydrogen-bond donors (Lipinski definition) is 0. The van der Waals surface area contributed by atoms with Crippen LogP contribution in [0.1, 0.15) is 30.1 Å². The number of hydrogen-bond acceptors (Lipinski definition) is 6. The molecule has 0 aliphatic rings. The maximum absolute atomic E-state index is 12.1. The summed E-state index contributed by atoms with van der Waals surface area (Å²) in [6, 6.07) is 5.06. The molecule has 0 saturated heterocycles. The maximum Gasteiger partial charge on any atom is 0.342 e. The lowest BCUT2D eigenvalue weighted by atomic mass is 10.2. The molecule has 6 nitrogen and oxygen atoms in total. The summed E-state index contributed by atoms with van der Waals surface area (Å²) in [4.78, 5) is 12.1. The third-order valence-corrected chi connectivity index (χ3v) is 3.10. The van der Waals surface area contributed by atoms with Gasteiger partial charge in [0.15, 0.2) is 11.5 Å². The molecule has 0 aromatic heterocycles. The molecule has 0 unspecified atom stereocenters. The van der Waals surface area contributed by atoms with Crippen molar-refractivity contribution in [2.75, 3.05) is 47.3 Å². The predicted octanol–water partition coefficient (Wildman–Crippen LogP) is 2.69. The zero-order valence-electron chi connectivity index (χ0n) is 14.1. The van der Waals surface area contributed by atoms with E-state index in [2.05, 4.69) is 6.92 Å². The van der Waals surface area contributed by atoms with E-state index in [-0.39, 0.29) is 6.61 Å². The van der Waals surface area contributed by atoms with E-state index < -0.39 is 5.97 Å². The molecule has 1 rings (SSSR count). The van der Waals surface area contributed by atoms with Gasteiger partial charge in [-0.1, -0.05) is 19.4 Å². The average Bonchev–Trinajstić information content (AvgIpc) is 2.59. The lowest BCUT2D eigenvalue weighted by molar-refractivity contribution is 0.0141. The highest BCUT2D eigenvalue weighted by Crippen LogP contribution is 2.30. The van der Waals surface area contributed by atoms with Gasteiger partial charge in [-0.15, -0.1) is 0 Å². The molecule has 0 bridgehead atoms. The zero-order valence-corrected chi connectivity index (χ0v) is 14.1. The van der Waals surface area contributed by atoms with Crippen LogP contribution in [-0.4, -0.2) is 53.2 Å².